The van der Waals surface area contributed by atoms with Crippen LogP contribution in [-0.2, 0) is 19.1 Å². The van der Waals surface area contributed by atoms with E-state index in [1.54, 1.807) is 12.1 Å². The zero-order valence-corrected chi connectivity index (χ0v) is 15.4. The third-order valence-electron chi connectivity index (χ3n) is 5.04. The highest BCUT2D eigenvalue weighted by atomic mass is 16.5. The smallest absolute Gasteiger partial charge is 0.329 e. The van der Waals surface area contributed by atoms with E-state index in [4.69, 9.17) is 10.5 Å². The van der Waals surface area contributed by atoms with Gasteiger partial charge < -0.3 is 15.4 Å². The van der Waals surface area contributed by atoms with E-state index in [0.29, 0.717) is 13.0 Å². The number of imide groups is 1. The van der Waals surface area contributed by atoms with Gasteiger partial charge in [0.15, 0.2) is 6.61 Å². The van der Waals surface area contributed by atoms with E-state index in [0.717, 1.165) is 17.7 Å². The fraction of sp³-hybridized carbons (Fsp3) is 0.421. The summed E-state index contributed by atoms with van der Waals surface area (Å²) in [6, 6.07) is 4.38. The Morgan fingerprint density at radius 3 is 2.32 bits per heavy atom. The van der Waals surface area contributed by atoms with Gasteiger partial charge in [-0.25, -0.2) is 4.79 Å². The van der Waals surface area contributed by atoms with Crippen molar-refractivity contribution < 1.29 is 28.7 Å². The van der Waals surface area contributed by atoms with Crippen LogP contribution in [0.25, 0.3) is 0 Å². The molecule has 4 amide bonds. The number of nitrogens with two attached hydrogens (primary N) is 1. The van der Waals surface area contributed by atoms with Gasteiger partial charge in [0.25, 0.3) is 17.7 Å². The van der Waals surface area contributed by atoms with Crippen LogP contribution >= 0.6 is 0 Å². The number of likely N-dealkylation sites (tertiary alicyclic amines) is 1. The second-order valence-electron chi connectivity index (χ2n) is 6.81. The van der Waals surface area contributed by atoms with Gasteiger partial charge in [-0.1, -0.05) is 12.1 Å². The van der Waals surface area contributed by atoms with Crippen molar-refractivity contribution in [1.29, 1.82) is 0 Å². The normalized spacial score (nSPS) is 20.0. The van der Waals surface area contributed by atoms with Gasteiger partial charge in [0.05, 0.1) is 11.1 Å². The number of primary amides is 1. The van der Waals surface area contributed by atoms with E-state index in [2.05, 4.69) is 0 Å². The van der Waals surface area contributed by atoms with Crippen molar-refractivity contribution in [3.63, 3.8) is 0 Å². The molecule has 148 valence electrons. The van der Waals surface area contributed by atoms with E-state index in [-0.39, 0.29) is 11.1 Å². The molecule has 9 nitrogen and oxygen atoms in total. The number of esters is 1. The number of hydrogen-bond acceptors (Lipinski definition) is 6. The summed E-state index contributed by atoms with van der Waals surface area (Å²) in [5, 5.41) is 0. The topological polar surface area (TPSA) is 127 Å². The average molecular weight is 387 g/mol. The zero-order valence-electron chi connectivity index (χ0n) is 15.4. The highest BCUT2D eigenvalue weighted by molar-refractivity contribution is 6.22. The fourth-order valence-electron chi connectivity index (χ4n) is 3.53. The van der Waals surface area contributed by atoms with Gasteiger partial charge in [-0.15, -0.1) is 0 Å². The van der Waals surface area contributed by atoms with Gasteiger partial charge in [-0.3, -0.25) is 24.1 Å². The largest absolute Gasteiger partial charge is 0.454 e. The lowest BCUT2D eigenvalue weighted by atomic mass is 10.0. The Labute approximate surface area is 161 Å². The molecule has 3 rings (SSSR count). The lowest BCUT2D eigenvalue weighted by molar-refractivity contribution is -0.157. The Morgan fingerprint density at radius 2 is 1.75 bits per heavy atom. The van der Waals surface area contributed by atoms with Crippen molar-refractivity contribution in [2.45, 2.75) is 38.3 Å². The number of fused-ring (bicyclic) bond motifs is 1. The van der Waals surface area contributed by atoms with Gasteiger partial charge in [-0.2, -0.15) is 0 Å². The number of rotatable bonds is 5. The quantitative estimate of drug-likeness (QED) is 0.563. The SMILES string of the molecule is C[C@H](C(=O)OCC(=O)N1CCCC[C@H]1C(N)=O)N1C(=O)c2ccccc2C1=O. The highest BCUT2D eigenvalue weighted by Crippen LogP contribution is 2.25. The minimum absolute atomic E-state index is 0.223. The summed E-state index contributed by atoms with van der Waals surface area (Å²) in [5.74, 6) is -3.18. The number of nitrogens with zero attached hydrogens (tertiary/aromatic N) is 2. The fourth-order valence-corrected chi connectivity index (χ4v) is 3.53. The number of amides is 4. The molecule has 0 aliphatic carbocycles. The molecule has 28 heavy (non-hydrogen) atoms. The standard InChI is InChI=1S/C19H21N3O6/c1-11(22-17(25)12-6-2-3-7-13(12)18(22)26)19(27)28-10-15(23)21-9-5-4-8-14(21)16(20)24/h2-3,6-7,11,14H,4-5,8-10H2,1H3,(H2,20,24)/t11-,14+/m1/s1. The molecule has 0 spiro atoms. The Hall–Kier alpha value is -3.23. The maximum atomic E-state index is 12.4. The lowest BCUT2D eigenvalue weighted by Crippen LogP contribution is -2.52. The zero-order chi connectivity index (χ0) is 20.4. The predicted molar refractivity (Wildman–Crippen MR) is 95.9 cm³/mol. The summed E-state index contributed by atoms with van der Waals surface area (Å²) < 4.78 is 5.03. The molecule has 1 fully saturated rings. The first-order chi connectivity index (χ1) is 13.3. The Morgan fingerprint density at radius 1 is 1.14 bits per heavy atom. The van der Waals surface area contributed by atoms with Crippen molar-refractivity contribution in [2.24, 2.45) is 5.73 Å². The molecule has 2 atom stereocenters. The molecule has 0 saturated carbocycles. The monoisotopic (exact) mass is 387 g/mol. The first-order valence-corrected chi connectivity index (χ1v) is 9.05. The number of ether oxygens (including phenoxy) is 1. The van der Waals surface area contributed by atoms with Crippen LogP contribution in [0, 0.1) is 0 Å². The van der Waals surface area contributed by atoms with Crippen LogP contribution in [0.1, 0.15) is 46.9 Å². The lowest BCUT2D eigenvalue weighted by Gasteiger charge is -2.33. The molecule has 9 heteroatoms. The van der Waals surface area contributed by atoms with Crippen molar-refractivity contribution in [3.8, 4) is 0 Å². The Bertz CT molecular complexity index is 817. The maximum absolute atomic E-state index is 12.4. The van der Waals surface area contributed by atoms with Crippen molar-refractivity contribution in [2.75, 3.05) is 13.2 Å². The van der Waals surface area contributed by atoms with Crippen LogP contribution in [-0.4, -0.2) is 64.6 Å². The average Bonchev–Trinajstić information content (AvgIpc) is 2.96. The second-order valence-corrected chi connectivity index (χ2v) is 6.81. The summed E-state index contributed by atoms with van der Waals surface area (Å²) in [6.07, 6.45) is 1.99. The van der Waals surface area contributed by atoms with Crippen LogP contribution in [0.3, 0.4) is 0 Å². The summed E-state index contributed by atoms with van der Waals surface area (Å²) in [6.45, 7) is 1.13. The summed E-state index contributed by atoms with van der Waals surface area (Å²) in [7, 11) is 0. The molecule has 0 radical (unpaired) electrons. The number of benzene rings is 1. The van der Waals surface area contributed by atoms with E-state index in [1.165, 1.54) is 24.0 Å². The van der Waals surface area contributed by atoms with Gasteiger partial charge >= 0.3 is 5.97 Å². The van der Waals surface area contributed by atoms with Crippen LogP contribution in [0.15, 0.2) is 24.3 Å². The minimum atomic E-state index is -1.19. The molecule has 2 heterocycles. The molecule has 1 aromatic carbocycles. The molecule has 2 N–H and O–H groups in total. The van der Waals surface area contributed by atoms with E-state index in [1.807, 2.05) is 0 Å². The van der Waals surface area contributed by atoms with Gasteiger partial charge in [0.2, 0.25) is 5.91 Å². The maximum Gasteiger partial charge on any atom is 0.329 e. The van der Waals surface area contributed by atoms with E-state index < -0.39 is 48.3 Å². The molecule has 1 saturated heterocycles. The van der Waals surface area contributed by atoms with Crippen LogP contribution in [0.2, 0.25) is 0 Å². The molecular weight excluding hydrogens is 366 g/mol. The van der Waals surface area contributed by atoms with Crippen molar-refractivity contribution in [1.82, 2.24) is 9.80 Å². The first-order valence-electron chi connectivity index (χ1n) is 9.05. The highest BCUT2D eigenvalue weighted by Gasteiger charge is 2.41. The Balaban J connectivity index is 1.62. The van der Waals surface area contributed by atoms with E-state index >= 15 is 0 Å². The molecule has 1 aromatic rings. The summed E-state index contributed by atoms with van der Waals surface area (Å²) in [5.41, 5.74) is 5.78. The third-order valence-corrected chi connectivity index (χ3v) is 5.04. The second kappa shape index (κ2) is 7.79. The summed E-state index contributed by atoms with van der Waals surface area (Å²) in [4.78, 5) is 63.2. The van der Waals surface area contributed by atoms with Crippen LogP contribution in [0.5, 0.6) is 0 Å². The van der Waals surface area contributed by atoms with Gasteiger partial charge in [0.1, 0.15) is 12.1 Å². The first kappa shape index (κ1) is 19.5. The molecule has 2 aliphatic rings. The van der Waals surface area contributed by atoms with Crippen molar-refractivity contribution in [3.05, 3.63) is 35.4 Å². The van der Waals surface area contributed by atoms with Crippen molar-refractivity contribution >= 4 is 29.6 Å². The number of hydrogen-bond donors (Lipinski definition) is 1. The third kappa shape index (κ3) is 3.47. The molecule has 0 unspecified atom stereocenters. The van der Waals surface area contributed by atoms with Gasteiger partial charge in [0, 0.05) is 6.54 Å². The molecule has 0 bridgehead atoms. The van der Waals surface area contributed by atoms with E-state index in [9.17, 15) is 24.0 Å². The van der Waals surface area contributed by atoms with Crippen LogP contribution < -0.4 is 5.73 Å². The van der Waals surface area contributed by atoms with Crippen LogP contribution in [0.4, 0.5) is 0 Å². The Kier molecular flexibility index (Phi) is 5.43. The molecule has 2 aliphatic heterocycles. The number of piperidine rings is 1. The molecule has 0 aromatic heterocycles. The summed E-state index contributed by atoms with van der Waals surface area (Å²) >= 11 is 0. The minimum Gasteiger partial charge on any atom is -0.454 e. The predicted octanol–water partition coefficient (Wildman–Crippen LogP) is 0.0807. The number of carbonyl (C=O) groups excluding carboxylic acids is 5. The van der Waals surface area contributed by atoms with Gasteiger partial charge in [-0.05, 0) is 38.3 Å². The molecular formula is C19H21N3O6. The number of carbonyl (C=O) groups is 5.